The molecule has 3 rings (SSSR count). The molecule has 0 atom stereocenters. The highest BCUT2D eigenvalue weighted by atomic mass is 16.5. The van der Waals surface area contributed by atoms with Gasteiger partial charge in [0.1, 0.15) is 18.1 Å². The summed E-state index contributed by atoms with van der Waals surface area (Å²) in [5.41, 5.74) is 2.09. The molecule has 1 aliphatic heterocycles. The molecule has 0 unspecified atom stereocenters. The number of hydrogen-bond donors (Lipinski definition) is 2. The predicted octanol–water partition coefficient (Wildman–Crippen LogP) is 2.57. The van der Waals surface area contributed by atoms with E-state index in [0.717, 1.165) is 35.7 Å². The number of guanidine groups is 1. The summed E-state index contributed by atoms with van der Waals surface area (Å²) in [5.74, 6) is 2.52. The van der Waals surface area contributed by atoms with Gasteiger partial charge in [-0.3, -0.25) is 9.79 Å². The molecule has 2 aromatic carbocycles. The van der Waals surface area contributed by atoms with Gasteiger partial charge in [0.25, 0.3) is 0 Å². The number of anilines is 1. The van der Waals surface area contributed by atoms with Crippen molar-refractivity contribution >= 4 is 17.6 Å². The topological polar surface area (TPSA) is 75.2 Å². The normalized spacial score (nSPS) is 14.1. The van der Waals surface area contributed by atoms with Gasteiger partial charge in [-0.2, -0.15) is 0 Å². The first-order chi connectivity index (χ1) is 14.2. The van der Waals surface area contributed by atoms with E-state index in [4.69, 9.17) is 9.47 Å². The third-order valence-electron chi connectivity index (χ3n) is 4.73. The van der Waals surface area contributed by atoms with Gasteiger partial charge in [0.2, 0.25) is 5.91 Å². The number of methoxy groups -OCH3 is 1. The van der Waals surface area contributed by atoms with Crippen LogP contribution in [0.15, 0.2) is 53.5 Å². The Kier molecular flexibility index (Phi) is 7.33. The number of benzene rings is 2. The molecule has 7 nitrogen and oxygen atoms in total. The molecule has 1 saturated heterocycles. The second kappa shape index (κ2) is 10.4. The summed E-state index contributed by atoms with van der Waals surface area (Å²) in [6.45, 7) is 2.60. The predicted molar refractivity (Wildman–Crippen MR) is 115 cm³/mol. The molecule has 1 aliphatic rings. The van der Waals surface area contributed by atoms with Gasteiger partial charge in [-0.15, -0.1) is 0 Å². The first-order valence-electron chi connectivity index (χ1n) is 9.80. The molecule has 29 heavy (non-hydrogen) atoms. The van der Waals surface area contributed by atoms with Crippen LogP contribution in [-0.4, -0.2) is 45.7 Å². The van der Waals surface area contributed by atoms with E-state index >= 15 is 0 Å². The number of nitrogens with one attached hydrogen (secondary N) is 2. The molecule has 1 amide bonds. The van der Waals surface area contributed by atoms with Gasteiger partial charge in [-0.25, -0.2) is 0 Å². The monoisotopic (exact) mass is 396 g/mol. The van der Waals surface area contributed by atoms with Gasteiger partial charge >= 0.3 is 0 Å². The minimum atomic E-state index is 0.206. The summed E-state index contributed by atoms with van der Waals surface area (Å²) in [4.78, 5) is 17.9. The zero-order valence-electron chi connectivity index (χ0n) is 17.0. The molecule has 0 spiro atoms. The number of carbonyl (C=O) groups is 1. The standard InChI is InChI=1S/C22H28N4O3/c1-23-22(24-13-15-29-20-11-9-19(28-2)10-12-20)25-16-17-5-7-18(8-6-17)26-14-3-4-21(26)27/h5-12H,3-4,13-16H2,1-2H3,(H2,23,24,25). The maximum Gasteiger partial charge on any atom is 0.227 e. The van der Waals surface area contributed by atoms with Crippen molar-refractivity contribution in [2.45, 2.75) is 19.4 Å². The fourth-order valence-electron chi connectivity index (χ4n) is 3.13. The lowest BCUT2D eigenvalue weighted by molar-refractivity contribution is -0.117. The minimum absolute atomic E-state index is 0.206. The number of hydrogen-bond acceptors (Lipinski definition) is 4. The number of carbonyl (C=O) groups excluding carboxylic acids is 1. The zero-order valence-corrected chi connectivity index (χ0v) is 17.0. The average Bonchev–Trinajstić information content (AvgIpc) is 3.20. The number of aliphatic imine (C=N–C) groups is 1. The molecule has 1 fully saturated rings. The van der Waals surface area contributed by atoms with E-state index in [1.165, 1.54) is 0 Å². The van der Waals surface area contributed by atoms with E-state index in [-0.39, 0.29) is 5.91 Å². The lowest BCUT2D eigenvalue weighted by atomic mass is 10.2. The van der Waals surface area contributed by atoms with Gasteiger partial charge in [0.15, 0.2) is 5.96 Å². The van der Waals surface area contributed by atoms with Crippen LogP contribution >= 0.6 is 0 Å². The Balaban J connectivity index is 1.39. The summed E-state index contributed by atoms with van der Waals surface area (Å²) in [6.07, 6.45) is 1.58. The average molecular weight is 396 g/mol. The van der Waals surface area contributed by atoms with Gasteiger partial charge in [0, 0.05) is 32.2 Å². The molecule has 1 heterocycles. The van der Waals surface area contributed by atoms with Crippen molar-refractivity contribution in [2.24, 2.45) is 4.99 Å². The number of nitrogens with zero attached hydrogens (tertiary/aromatic N) is 2. The molecule has 7 heteroatoms. The lowest BCUT2D eigenvalue weighted by Gasteiger charge is -2.16. The van der Waals surface area contributed by atoms with Crippen LogP contribution in [0.5, 0.6) is 11.5 Å². The van der Waals surface area contributed by atoms with Gasteiger partial charge in [-0.05, 0) is 48.4 Å². The van der Waals surface area contributed by atoms with Gasteiger partial charge in [0.05, 0.1) is 13.7 Å². The molecule has 0 aliphatic carbocycles. The van der Waals surface area contributed by atoms with E-state index in [0.29, 0.717) is 32.1 Å². The van der Waals surface area contributed by atoms with Crippen LogP contribution in [0.1, 0.15) is 18.4 Å². The molecular weight excluding hydrogens is 368 g/mol. The van der Waals surface area contributed by atoms with Crippen LogP contribution < -0.4 is 25.0 Å². The third-order valence-corrected chi connectivity index (χ3v) is 4.73. The molecule has 2 N–H and O–H groups in total. The highest BCUT2D eigenvalue weighted by molar-refractivity contribution is 5.95. The lowest BCUT2D eigenvalue weighted by Crippen LogP contribution is -2.38. The van der Waals surface area contributed by atoms with Crippen molar-refractivity contribution in [3.8, 4) is 11.5 Å². The highest BCUT2D eigenvalue weighted by Gasteiger charge is 2.21. The van der Waals surface area contributed by atoms with Crippen LogP contribution in [0, 0.1) is 0 Å². The Morgan fingerprint density at radius 1 is 1.07 bits per heavy atom. The Bertz CT molecular complexity index is 819. The molecule has 0 aromatic heterocycles. The van der Waals surface area contributed by atoms with E-state index < -0.39 is 0 Å². The van der Waals surface area contributed by atoms with E-state index in [2.05, 4.69) is 15.6 Å². The minimum Gasteiger partial charge on any atom is -0.497 e. The number of rotatable bonds is 8. The van der Waals surface area contributed by atoms with Crippen LogP contribution in [0.2, 0.25) is 0 Å². The van der Waals surface area contributed by atoms with Gasteiger partial charge in [-0.1, -0.05) is 12.1 Å². The van der Waals surface area contributed by atoms with Crippen molar-refractivity contribution < 1.29 is 14.3 Å². The second-order valence-corrected chi connectivity index (χ2v) is 6.69. The summed E-state index contributed by atoms with van der Waals surface area (Å²) in [5, 5.41) is 6.51. The Morgan fingerprint density at radius 2 is 1.79 bits per heavy atom. The molecule has 154 valence electrons. The zero-order chi connectivity index (χ0) is 20.5. The van der Waals surface area contributed by atoms with Crippen molar-refractivity contribution in [1.82, 2.24) is 10.6 Å². The summed E-state index contributed by atoms with van der Waals surface area (Å²) in [6, 6.07) is 15.6. The van der Waals surface area contributed by atoms with Crippen molar-refractivity contribution in [1.29, 1.82) is 0 Å². The summed E-state index contributed by atoms with van der Waals surface area (Å²) < 4.78 is 10.8. The first-order valence-corrected chi connectivity index (χ1v) is 9.80. The quantitative estimate of drug-likeness (QED) is 0.408. The van der Waals surface area contributed by atoms with Crippen LogP contribution in [0.25, 0.3) is 0 Å². The molecule has 0 bridgehead atoms. The number of ether oxygens (including phenoxy) is 2. The fraction of sp³-hybridized carbons (Fsp3) is 0.364. The Morgan fingerprint density at radius 3 is 2.41 bits per heavy atom. The maximum atomic E-state index is 11.8. The van der Waals surface area contributed by atoms with E-state index in [1.807, 2.05) is 53.4 Å². The van der Waals surface area contributed by atoms with Crippen LogP contribution in [0.3, 0.4) is 0 Å². The fourth-order valence-corrected chi connectivity index (χ4v) is 3.13. The molecule has 2 aromatic rings. The molecule has 0 saturated carbocycles. The summed E-state index contributed by atoms with van der Waals surface area (Å²) in [7, 11) is 3.38. The Hall–Kier alpha value is -3.22. The highest BCUT2D eigenvalue weighted by Crippen LogP contribution is 2.21. The third kappa shape index (κ3) is 5.88. The second-order valence-electron chi connectivity index (χ2n) is 6.69. The van der Waals surface area contributed by atoms with Crippen LogP contribution in [-0.2, 0) is 11.3 Å². The largest absolute Gasteiger partial charge is 0.497 e. The Labute approximate surface area is 171 Å². The number of amides is 1. The van der Waals surface area contributed by atoms with Crippen molar-refractivity contribution in [2.75, 3.05) is 38.8 Å². The summed E-state index contributed by atoms with van der Waals surface area (Å²) >= 11 is 0. The van der Waals surface area contributed by atoms with Crippen molar-refractivity contribution in [3.63, 3.8) is 0 Å². The van der Waals surface area contributed by atoms with Crippen molar-refractivity contribution in [3.05, 3.63) is 54.1 Å². The smallest absolute Gasteiger partial charge is 0.227 e. The molecular formula is C22H28N4O3. The van der Waals surface area contributed by atoms with E-state index in [9.17, 15) is 4.79 Å². The first kappa shape index (κ1) is 20.5. The maximum absolute atomic E-state index is 11.8. The van der Waals surface area contributed by atoms with Gasteiger partial charge < -0.3 is 25.0 Å². The van der Waals surface area contributed by atoms with E-state index in [1.54, 1.807) is 14.2 Å². The SMILES string of the molecule is CN=C(NCCOc1ccc(OC)cc1)NCc1ccc(N2CCCC2=O)cc1. The van der Waals surface area contributed by atoms with Crippen LogP contribution in [0.4, 0.5) is 5.69 Å². The molecule has 0 radical (unpaired) electrons.